The Morgan fingerprint density at radius 2 is 2.07 bits per heavy atom. The van der Waals surface area contributed by atoms with Crippen molar-refractivity contribution >= 4 is 5.97 Å². The fourth-order valence-electron chi connectivity index (χ4n) is 0.860. The Labute approximate surface area is 77.1 Å². The summed E-state index contributed by atoms with van der Waals surface area (Å²) >= 11 is 0. The number of alkyl halides is 3. The Morgan fingerprint density at radius 3 is 2.43 bits per heavy atom. The van der Waals surface area contributed by atoms with E-state index in [1.807, 2.05) is 0 Å². The van der Waals surface area contributed by atoms with Crippen molar-refractivity contribution in [2.45, 2.75) is 19.0 Å². The Morgan fingerprint density at radius 1 is 1.50 bits per heavy atom. The predicted molar refractivity (Wildman–Crippen MR) is 39.8 cm³/mol. The van der Waals surface area contributed by atoms with Crippen LogP contribution in [-0.4, -0.2) is 11.1 Å². The van der Waals surface area contributed by atoms with E-state index in [1.165, 1.54) is 6.92 Å². The summed E-state index contributed by atoms with van der Waals surface area (Å²) < 4.78 is 40.4. The Balaban J connectivity index is 2.94. The second-order valence-electron chi connectivity index (χ2n) is 2.76. The molecule has 14 heavy (non-hydrogen) atoms. The summed E-state index contributed by atoms with van der Waals surface area (Å²) in [6.07, 6.45) is -4.57. The summed E-state index contributed by atoms with van der Waals surface area (Å²) in [7, 11) is 0. The van der Waals surface area contributed by atoms with Crippen LogP contribution in [0.1, 0.15) is 24.4 Å². The van der Waals surface area contributed by atoms with Gasteiger partial charge < -0.3 is 9.52 Å². The SMILES string of the molecule is CC(C(=O)O)c1ccc(C(F)(F)F)o1. The summed E-state index contributed by atoms with van der Waals surface area (Å²) in [6, 6.07) is 1.73. The molecule has 0 saturated heterocycles. The van der Waals surface area contributed by atoms with Gasteiger partial charge in [-0.2, -0.15) is 13.2 Å². The summed E-state index contributed by atoms with van der Waals surface area (Å²) in [5.74, 6) is -3.69. The molecule has 1 aromatic heterocycles. The van der Waals surface area contributed by atoms with Gasteiger partial charge in [0.1, 0.15) is 11.7 Å². The molecule has 0 saturated carbocycles. The maximum atomic E-state index is 12.0. The van der Waals surface area contributed by atoms with Gasteiger partial charge in [-0.3, -0.25) is 4.79 Å². The van der Waals surface area contributed by atoms with Gasteiger partial charge in [0, 0.05) is 0 Å². The monoisotopic (exact) mass is 208 g/mol. The first kappa shape index (κ1) is 10.6. The van der Waals surface area contributed by atoms with Crippen LogP contribution in [0.2, 0.25) is 0 Å². The third-order valence-corrected chi connectivity index (χ3v) is 1.70. The maximum absolute atomic E-state index is 12.0. The highest BCUT2D eigenvalue weighted by molar-refractivity contribution is 5.74. The lowest BCUT2D eigenvalue weighted by molar-refractivity contribution is -0.154. The average molecular weight is 208 g/mol. The van der Waals surface area contributed by atoms with Crippen molar-refractivity contribution < 1.29 is 27.5 Å². The summed E-state index contributed by atoms with van der Waals surface area (Å²) in [5.41, 5.74) is 0. The number of carboxylic acids is 1. The van der Waals surface area contributed by atoms with Crippen LogP contribution in [0.5, 0.6) is 0 Å². The second-order valence-corrected chi connectivity index (χ2v) is 2.76. The molecule has 0 fully saturated rings. The molecule has 0 aliphatic heterocycles. The largest absolute Gasteiger partial charge is 0.481 e. The predicted octanol–water partition coefficient (Wildman–Crippen LogP) is 2.49. The minimum absolute atomic E-state index is 0.204. The van der Waals surface area contributed by atoms with Crippen molar-refractivity contribution in [2.75, 3.05) is 0 Å². The number of carboxylic acid groups (broad SMARTS) is 1. The standard InChI is InChI=1S/C8H7F3O3/c1-4(7(12)13)5-2-3-6(14-5)8(9,10)11/h2-4H,1H3,(H,12,13). The van der Waals surface area contributed by atoms with Crippen molar-refractivity contribution in [1.82, 2.24) is 0 Å². The van der Waals surface area contributed by atoms with E-state index < -0.39 is 23.8 Å². The highest BCUT2D eigenvalue weighted by Gasteiger charge is 2.35. The van der Waals surface area contributed by atoms with E-state index in [4.69, 9.17) is 5.11 Å². The van der Waals surface area contributed by atoms with Gasteiger partial charge in [-0.05, 0) is 19.1 Å². The van der Waals surface area contributed by atoms with E-state index in [9.17, 15) is 18.0 Å². The van der Waals surface area contributed by atoms with Crippen LogP contribution in [0, 0.1) is 0 Å². The van der Waals surface area contributed by atoms with E-state index in [0.717, 1.165) is 12.1 Å². The third kappa shape index (κ3) is 2.07. The number of hydrogen-bond acceptors (Lipinski definition) is 2. The van der Waals surface area contributed by atoms with Crippen molar-refractivity contribution in [2.24, 2.45) is 0 Å². The molecule has 0 spiro atoms. The fraction of sp³-hybridized carbons (Fsp3) is 0.375. The molecule has 0 amide bonds. The minimum Gasteiger partial charge on any atom is -0.481 e. The number of rotatable bonds is 2. The quantitative estimate of drug-likeness (QED) is 0.812. The van der Waals surface area contributed by atoms with Crippen LogP contribution < -0.4 is 0 Å². The second kappa shape index (κ2) is 3.36. The summed E-state index contributed by atoms with van der Waals surface area (Å²) in [6.45, 7) is 1.25. The lowest BCUT2D eigenvalue weighted by atomic mass is 10.1. The molecule has 1 aromatic rings. The van der Waals surface area contributed by atoms with E-state index >= 15 is 0 Å². The third-order valence-electron chi connectivity index (χ3n) is 1.70. The molecule has 1 heterocycles. The van der Waals surface area contributed by atoms with Crippen molar-refractivity contribution in [3.8, 4) is 0 Å². The first-order valence-corrected chi connectivity index (χ1v) is 3.72. The zero-order valence-electron chi connectivity index (χ0n) is 7.13. The van der Waals surface area contributed by atoms with Crippen LogP contribution in [0.25, 0.3) is 0 Å². The molecule has 0 aliphatic carbocycles. The topological polar surface area (TPSA) is 50.4 Å². The first-order valence-electron chi connectivity index (χ1n) is 3.72. The van der Waals surface area contributed by atoms with Gasteiger partial charge in [0.05, 0.1) is 0 Å². The lowest BCUT2D eigenvalue weighted by Gasteiger charge is -2.03. The first-order chi connectivity index (χ1) is 6.32. The van der Waals surface area contributed by atoms with E-state index in [1.54, 1.807) is 0 Å². The molecule has 0 radical (unpaired) electrons. The van der Waals surface area contributed by atoms with Gasteiger partial charge in [-0.25, -0.2) is 0 Å². The number of halogens is 3. The highest BCUT2D eigenvalue weighted by atomic mass is 19.4. The fourth-order valence-corrected chi connectivity index (χ4v) is 0.860. The van der Waals surface area contributed by atoms with Crippen molar-refractivity contribution in [3.05, 3.63) is 23.7 Å². The molecule has 1 unspecified atom stereocenters. The zero-order valence-corrected chi connectivity index (χ0v) is 7.13. The molecule has 1 N–H and O–H groups in total. The van der Waals surface area contributed by atoms with Gasteiger partial charge in [0.25, 0.3) is 0 Å². The van der Waals surface area contributed by atoms with Crippen LogP contribution in [-0.2, 0) is 11.0 Å². The average Bonchev–Trinajstić information content (AvgIpc) is 2.49. The number of furan rings is 1. The highest BCUT2D eigenvalue weighted by Crippen LogP contribution is 2.32. The Bertz CT molecular complexity index is 340. The smallest absolute Gasteiger partial charge is 0.449 e. The van der Waals surface area contributed by atoms with E-state index in [-0.39, 0.29) is 5.76 Å². The summed E-state index contributed by atoms with van der Waals surface area (Å²) in [5, 5.41) is 8.51. The molecule has 0 aromatic carbocycles. The molecule has 78 valence electrons. The molecule has 0 aliphatic rings. The molecule has 1 rings (SSSR count). The van der Waals surface area contributed by atoms with Crippen LogP contribution >= 0.6 is 0 Å². The molecule has 6 heteroatoms. The minimum atomic E-state index is -4.57. The molecule has 3 nitrogen and oxygen atoms in total. The number of aliphatic carboxylic acids is 1. The number of carbonyl (C=O) groups is 1. The maximum Gasteiger partial charge on any atom is 0.449 e. The Hall–Kier alpha value is -1.46. The van der Waals surface area contributed by atoms with Gasteiger partial charge in [-0.1, -0.05) is 0 Å². The lowest BCUT2D eigenvalue weighted by Crippen LogP contribution is -2.07. The number of hydrogen-bond donors (Lipinski definition) is 1. The van der Waals surface area contributed by atoms with Crippen molar-refractivity contribution in [1.29, 1.82) is 0 Å². The molecule has 1 atom stereocenters. The van der Waals surface area contributed by atoms with Gasteiger partial charge in [0.15, 0.2) is 0 Å². The van der Waals surface area contributed by atoms with Gasteiger partial charge >= 0.3 is 12.1 Å². The van der Waals surface area contributed by atoms with Gasteiger partial charge in [0.2, 0.25) is 5.76 Å². The molecule has 0 bridgehead atoms. The molecular weight excluding hydrogens is 201 g/mol. The van der Waals surface area contributed by atoms with Crippen LogP contribution in [0.4, 0.5) is 13.2 Å². The van der Waals surface area contributed by atoms with Crippen LogP contribution in [0.3, 0.4) is 0 Å². The molecular formula is C8H7F3O3. The van der Waals surface area contributed by atoms with Crippen molar-refractivity contribution in [3.63, 3.8) is 0 Å². The normalized spacial score (nSPS) is 14.0. The van der Waals surface area contributed by atoms with Gasteiger partial charge in [-0.15, -0.1) is 0 Å². The summed E-state index contributed by atoms with van der Waals surface area (Å²) in [4.78, 5) is 10.4. The zero-order chi connectivity index (χ0) is 10.9. The van der Waals surface area contributed by atoms with E-state index in [2.05, 4.69) is 4.42 Å². The Kier molecular flexibility index (Phi) is 2.55. The van der Waals surface area contributed by atoms with E-state index in [0.29, 0.717) is 0 Å². The van der Waals surface area contributed by atoms with Crippen LogP contribution in [0.15, 0.2) is 16.5 Å².